The van der Waals surface area contributed by atoms with Gasteiger partial charge in [-0.25, -0.2) is 4.79 Å². The number of benzene rings is 1. The van der Waals surface area contributed by atoms with E-state index in [9.17, 15) is 28.1 Å². The SMILES string of the molecule is Cc1cc2c(c(=O)o1)C(c1ccccc1C(F)(F)F)C([N+](=O)[O-])=C(N)O2. The molecular formula is C16H11F3N2O5. The molecule has 2 N–H and O–H groups in total. The predicted molar refractivity (Wildman–Crippen MR) is 81.8 cm³/mol. The third-order valence-corrected chi connectivity index (χ3v) is 3.88. The molecule has 10 heteroatoms. The van der Waals surface area contributed by atoms with Gasteiger partial charge in [0.05, 0.1) is 16.1 Å². The molecule has 0 radical (unpaired) electrons. The molecule has 2 aromatic rings. The third kappa shape index (κ3) is 2.79. The van der Waals surface area contributed by atoms with Crippen molar-refractivity contribution in [2.75, 3.05) is 0 Å². The molecule has 0 saturated heterocycles. The quantitative estimate of drug-likeness (QED) is 0.645. The highest BCUT2D eigenvalue weighted by atomic mass is 19.4. The summed E-state index contributed by atoms with van der Waals surface area (Å²) in [6.45, 7) is 1.42. The number of fused-ring (bicyclic) bond motifs is 1. The van der Waals surface area contributed by atoms with Crippen LogP contribution in [0.2, 0.25) is 0 Å². The number of rotatable bonds is 2. The smallest absolute Gasteiger partial charge is 0.416 e. The van der Waals surface area contributed by atoms with Crippen molar-refractivity contribution in [2.45, 2.75) is 19.0 Å². The predicted octanol–water partition coefficient (Wildman–Crippen LogP) is 2.90. The molecule has 0 spiro atoms. The van der Waals surface area contributed by atoms with E-state index in [0.717, 1.165) is 18.2 Å². The normalized spacial score (nSPS) is 16.8. The second kappa shape index (κ2) is 5.90. The Morgan fingerprint density at radius 3 is 2.54 bits per heavy atom. The van der Waals surface area contributed by atoms with Gasteiger partial charge in [-0.3, -0.25) is 10.1 Å². The Hall–Kier alpha value is -3.30. The molecule has 3 rings (SSSR count). The summed E-state index contributed by atoms with van der Waals surface area (Å²) < 4.78 is 50.3. The minimum absolute atomic E-state index is 0.119. The van der Waals surface area contributed by atoms with Gasteiger partial charge >= 0.3 is 17.5 Å². The van der Waals surface area contributed by atoms with Crippen molar-refractivity contribution in [3.63, 3.8) is 0 Å². The number of allylic oxidation sites excluding steroid dienone is 1. The van der Waals surface area contributed by atoms with Gasteiger partial charge in [-0.2, -0.15) is 13.2 Å². The Morgan fingerprint density at radius 2 is 1.92 bits per heavy atom. The zero-order chi connectivity index (χ0) is 19.2. The molecule has 7 nitrogen and oxygen atoms in total. The molecule has 0 fully saturated rings. The second-order valence-electron chi connectivity index (χ2n) is 5.55. The van der Waals surface area contributed by atoms with Crippen LogP contribution in [0.1, 0.15) is 28.4 Å². The average molecular weight is 368 g/mol. The van der Waals surface area contributed by atoms with Crippen LogP contribution in [0.25, 0.3) is 0 Å². The highest BCUT2D eigenvalue weighted by Gasteiger charge is 2.45. The summed E-state index contributed by atoms with van der Waals surface area (Å²) in [4.78, 5) is 22.8. The molecule has 1 unspecified atom stereocenters. The summed E-state index contributed by atoms with van der Waals surface area (Å²) in [5.74, 6) is -2.43. The third-order valence-electron chi connectivity index (χ3n) is 3.88. The molecule has 2 heterocycles. The Kier molecular flexibility index (Phi) is 3.98. The number of nitro groups is 1. The van der Waals surface area contributed by atoms with E-state index in [4.69, 9.17) is 14.9 Å². The van der Waals surface area contributed by atoms with Gasteiger partial charge < -0.3 is 14.9 Å². The van der Waals surface area contributed by atoms with Crippen molar-refractivity contribution in [3.8, 4) is 5.75 Å². The molecule has 26 heavy (non-hydrogen) atoms. The highest BCUT2D eigenvalue weighted by Crippen LogP contribution is 2.45. The molecular weight excluding hydrogens is 357 g/mol. The van der Waals surface area contributed by atoms with Crippen LogP contribution >= 0.6 is 0 Å². The highest BCUT2D eigenvalue weighted by molar-refractivity contribution is 5.51. The van der Waals surface area contributed by atoms with Gasteiger partial charge in [-0.1, -0.05) is 18.2 Å². The first-order chi connectivity index (χ1) is 12.1. The van der Waals surface area contributed by atoms with Crippen molar-refractivity contribution in [2.24, 2.45) is 5.73 Å². The Morgan fingerprint density at radius 1 is 1.27 bits per heavy atom. The van der Waals surface area contributed by atoms with Crippen molar-refractivity contribution < 1.29 is 27.2 Å². The molecule has 1 aromatic carbocycles. The molecule has 0 bridgehead atoms. The van der Waals surface area contributed by atoms with E-state index in [1.165, 1.54) is 19.1 Å². The topological polar surface area (TPSA) is 109 Å². The van der Waals surface area contributed by atoms with E-state index in [1.54, 1.807) is 0 Å². The van der Waals surface area contributed by atoms with E-state index >= 15 is 0 Å². The monoisotopic (exact) mass is 368 g/mol. The van der Waals surface area contributed by atoms with Gasteiger partial charge in [0.2, 0.25) is 0 Å². The summed E-state index contributed by atoms with van der Waals surface area (Å²) in [5, 5.41) is 11.5. The zero-order valence-electron chi connectivity index (χ0n) is 13.2. The van der Waals surface area contributed by atoms with Gasteiger partial charge in [-0.05, 0) is 18.6 Å². The first-order valence-electron chi connectivity index (χ1n) is 7.24. The summed E-state index contributed by atoms with van der Waals surface area (Å²) in [5.41, 5.74) is 1.67. The number of aryl methyl sites for hydroxylation is 1. The minimum atomic E-state index is -4.80. The summed E-state index contributed by atoms with van der Waals surface area (Å²) in [7, 11) is 0. The summed E-state index contributed by atoms with van der Waals surface area (Å²) in [6.07, 6.45) is -4.80. The Bertz CT molecular complexity index is 994. The van der Waals surface area contributed by atoms with Crippen LogP contribution < -0.4 is 16.1 Å². The summed E-state index contributed by atoms with van der Waals surface area (Å²) in [6, 6.07) is 5.49. The maximum absolute atomic E-state index is 13.4. The van der Waals surface area contributed by atoms with E-state index in [2.05, 4.69) is 0 Å². The van der Waals surface area contributed by atoms with Crippen LogP contribution in [0, 0.1) is 17.0 Å². The number of nitrogens with zero attached hydrogens (tertiary/aromatic N) is 1. The van der Waals surface area contributed by atoms with Gasteiger partial charge in [0.15, 0.2) is 0 Å². The average Bonchev–Trinajstić information content (AvgIpc) is 2.52. The fourth-order valence-corrected chi connectivity index (χ4v) is 2.89. The zero-order valence-corrected chi connectivity index (χ0v) is 13.2. The summed E-state index contributed by atoms with van der Waals surface area (Å²) >= 11 is 0. The second-order valence-corrected chi connectivity index (χ2v) is 5.55. The van der Waals surface area contributed by atoms with E-state index < -0.39 is 50.9 Å². The van der Waals surface area contributed by atoms with Crippen LogP contribution in [-0.2, 0) is 6.18 Å². The Balaban J connectivity index is 2.39. The van der Waals surface area contributed by atoms with Gasteiger partial charge in [0.1, 0.15) is 17.4 Å². The van der Waals surface area contributed by atoms with Crippen molar-refractivity contribution in [1.29, 1.82) is 0 Å². The lowest BCUT2D eigenvalue weighted by Crippen LogP contribution is -2.31. The molecule has 1 aromatic heterocycles. The van der Waals surface area contributed by atoms with Gasteiger partial charge in [-0.15, -0.1) is 0 Å². The van der Waals surface area contributed by atoms with Crippen LogP contribution in [0.4, 0.5) is 13.2 Å². The fourth-order valence-electron chi connectivity index (χ4n) is 2.89. The number of alkyl halides is 3. The van der Waals surface area contributed by atoms with Crippen LogP contribution in [0.5, 0.6) is 5.75 Å². The molecule has 1 aliphatic rings. The van der Waals surface area contributed by atoms with E-state index in [-0.39, 0.29) is 11.5 Å². The van der Waals surface area contributed by atoms with Gasteiger partial charge in [0, 0.05) is 6.07 Å². The number of nitrogens with two attached hydrogens (primary N) is 1. The van der Waals surface area contributed by atoms with Crippen LogP contribution in [0.3, 0.4) is 0 Å². The number of hydrogen-bond donors (Lipinski definition) is 1. The first kappa shape index (κ1) is 17.5. The van der Waals surface area contributed by atoms with Gasteiger partial charge in [0.25, 0.3) is 5.88 Å². The molecule has 0 aliphatic carbocycles. The lowest BCUT2D eigenvalue weighted by molar-refractivity contribution is -0.432. The largest absolute Gasteiger partial charge is 0.435 e. The maximum Gasteiger partial charge on any atom is 0.416 e. The molecule has 136 valence electrons. The number of ether oxygens (including phenoxy) is 1. The number of halogens is 3. The molecule has 0 amide bonds. The first-order valence-corrected chi connectivity index (χ1v) is 7.24. The molecule has 1 atom stereocenters. The van der Waals surface area contributed by atoms with E-state index in [0.29, 0.717) is 0 Å². The van der Waals surface area contributed by atoms with Crippen LogP contribution in [-0.4, -0.2) is 4.92 Å². The lowest BCUT2D eigenvalue weighted by Gasteiger charge is -2.25. The fraction of sp³-hybridized carbons (Fsp3) is 0.188. The minimum Gasteiger partial charge on any atom is -0.435 e. The lowest BCUT2D eigenvalue weighted by atomic mass is 9.84. The Labute approximate surface area is 143 Å². The number of hydrogen-bond acceptors (Lipinski definition) is 6. The maximum atomic E-state index is 13.4. The molecule has 0 saturated carbocycles. The van der Waals surface area contributed by atoms with Crippen LogP contribution in [0.15, 0.2) is 51.1 Å². The van der Waals surface area contributed by atoms with E-state index in [1.807, 2.05) is 0 Å². The van der Waals surface area contributed by atoms with Crippen molar-refractivity contribution >= 4 is 0 Å². The molecule has 1 aliphatic heterocycles. The van der Waals surface area contributed by atoms with Crippen molar-refractivity contribution in [1.82, 2.24) is 0 Å². The van der Waals surface area contributed by atoms with Crippen molar-refractivity contribution in [3.05, 3.63) is 84.9 Å². The standard InChI is InChI=1S/C16H11F3N2O5/c1-7-6-10-12(15(22)25-7)11(13(21(23)24)14(20)26-10)8-4-2-3-5-9(8)16(17,18)19/h2-6,11H,20H2,1H3.